The molecule has 0 aliphatic heterocycles. The van der Waals surface area contributed by atoms with Crippen molar-refractivity contribution in [2.24, 2.45) is 4.99 Å². The van der Waals surface area contributed by atoms with Crippen LogP contribution in [0.15, 0.2) is 53.5 Å². The maximum absolute atomic E-state index is 10.1. The van der Waals surface area contributed by atoms with E-state index >= 15 is 0 Å². The third-order valence-corrected chi connectivity index (χ3v) is 2.31. The van der Waals surface area contributed by atoms with Crippen molar-refractivity contribution >= 4 is 11.8 Å². The van der Waals surface area contributed by atoms with E-state index < -0.39 is 0 Å². The van der Waals surface area contributed by atoms with E-state index in [0.29, 0.717) is 17.2 Å². The average Bonchev–Trinajstić information content (AvgIpc) is 2.42. The Bertz CT molecular complexity index is 555. The second-order valence-electron chi connectivity index (χ2n) is 3.47. The van der Waals surface area contributed by atoms with E-state index in [9.17, 15) is 4.79 Å². The van der Waals surface area contributed by atoms with Gasteiger partial charge in [0.2, 0.25) is 6.08 Å². The number of ether oxygens (including phenoxy) is 2. The Morgan fingerprint density at radius 3 is 1.89 bits per heavy atom. The zero-order valence-corrected chi connectivity index (χ0v) is 9.79. The van der Waals surface area contributed by atoms with Gasteiger partial charge in [-0.15, -0.1) is 0 Å². The van der Waals surface area contributed by atoms with E-state index in [4.69, 9.17) is 9.47 Å². The number of aliphatic imine (C=N–C) groups is 1. The van der Waals surface area contributed by atoms with Crippen molar-refractivity contribution in [1.82, 2.24) is 0 Å². The molecule has 0 atom stereocenters. The quantitative estimate of drug-likeness (QED) is 0.608. The van der Waals surface area contributed by atoms with E-state index in [1.54, 1.807) is 31.4 Å². The molecule has 0 N–H and O–H groups in total. The van der Waals surface area contributed by atoms with Crippen molar-refractivity contribution in [3.05, 3.63) is 48.5 Å². The van der Waals surface area contributed by atoms with Gasteiger partial charge in [-0.3, -0.25) is 0 Å². The minimum absolute atomic E-state index is 0.548. The van der Waals surface area contributed by atoms with Gasteiger partial charge in [-0.05, 0) is 48.5 Å². The van der Waals surface area contributed by atoms with Crippen molar-refractivity contribution < 1.29 is 14.3 Å². The van der Waals surface area contributed by atoms with Gasteiger partial charge in [0, 0.05) is 0 Å². The molecule has 4 heteroatoms. The molecule has 18 heavy (non-hydrogen) atoms. The van der Waals surface area contributed by atoms with Crippen LogP contribution in [0.1, 0.15) is 0 Å². The van der Waals surface area contributed by atoms with Crippen LogP contribution in [0.4, 0.5) is 5.69 Å². The van der Waals surface area contributed by atoms with Gasteiger partial charge < -0.3 is 9.47 Å². The van der Waals surface area contributed by atoms with Crippen LogP contribution in [0.5, 0.6) is 17.2 Å². The molecular weight excluding hydrogens is 230 g/mol. The van der Waals surface area contributed by atoms with Gasteiger partial charge in [0.25, 0.3) is 0 Å². The van der Waals surface area contributed by atoms with Crippen molar-refractivity contribution in [3.8, 4) is 17.2 Å². The monoisotopic (exact) mass is 241 g/mol. The van der Waals surface area contributed by atoms with Gasteiger partial charge in [-0.25, -0.2) is 4.79 Å². The topological polar surface area (TPSA) is 47.9 Å². The largest absolute Gasteiger partial charge is 0.497 e. The first-order chi connectivity index (χ1) is 8.81. The molecule has 0 saturated carbocycles. The number of carbonyl (C=O) groups excluding carboxylic acids is 1. The second-order valence-corrected chi connectivity index (χ2v) is 3.47. The maximum Gasteiger partial charge on any atom is 0.240 e. The number of rotatable bonds is 4. The summed E-state index contributed by atoms with van der Waals surface area (Å²) in [4.78, 5) is 13.6. The summed E-state index contributed by atoms with van der Waals surface area (Å²) in [6, 6.07) is 14.1. The Hall–Kier alpha value is -2.58. The zero-order valence-electron chi connectivity index (χ0n) is 9.79. The Kier molecular flexibility index (Phi) is 3.74. The molecule has 2 rings (SSSR count). The lowest BCUT2D eigenvalue weighted by atomic mass is 10.3. The van der Waals surface area contributed by atoms with Crippen molar-refractivity contribution in [2.75, 3.05) is 7.11 Å². The fourth-order valence-electron chi connectivity index (χ4n) is 1.42. The van der Waals surface area contributed by atoms with Crippen LogP contribution in [0.3, 0.4) is 0 Å². The first-order valence-electron chi connectivity index (χ1n) is 5.31. The summed E-state index contributed by atoms with van der Waals surface area (Å²) in [5.41, 5.74) is 0.548. The van der Waals surface area contributed by atoms with Gasteiger partial charge in [-0.1, -0.05) is 0 Å². The van der Waals surface area contributed by atoms with Gasteiger partial charge >= 0.3 is 0 Å². The molecule has 0 aliphatic carbocycles. The Morgan fingerprint density at radius 2 is 1.39 bits per heavy atom. The Morgan fingerprint density at radius 1 is 0.889 bits per heavy atom. The summed E-state index contributed by atoms with van der Waals surface area (Å²) in [5.74, 6) is 2.16. The Labute approximate surface area is 105 Å². The molecule has 2 aromatic carbocycles. The third-order valence-electron chi connectivity index (χ3n) is 2.31. The highest BCUT2D eigenvalue weighted by Crippen LogP contribution is 2.25. The fraction of sp³-hybridized carbons (Fsp3) is 0.0714. The fourth-order valence-corrected chi connectivity index (χ4v) is 1.42. The third kappa shape index (κ3) is 2.97. The summed E-state index contributed by atoms with van der Waals surface area (Å²) in [7, 11) is 1.61. The molecule has 4 nitrogen and oxygen atoms in total. The lowest BCUT2D eigenvalue weighted by molar-refractivity contribution is 0.413. The van der Waals surface area contributed by atoms with Gasteiger partial charge in [0.1, 0.15) is 17.2 Å². The van der Waals surface area contributed by atoms with Crippen molar-refractivity contribution in [3.63, 3.8) is 0 Å². The number of isocyanates is 1. The van der Waals surface area contributed by atoms with Crippen molar-refractivity contribution in [2.45, 2.75) is 0 Å². The van der Waals surface area contributed by atoms with Crippen LogP contribution < -0.4 is 9.47 Å². The SMILES string of the molecule is COc1ccc(Oc2ccc(N=C=O)cc2)cc1. The number of hydrogen-bond donors (Lipinski definition) is 0. The van der Waals surface area contributed by atoms with Crippen LogP contribution in [0.25, 0.3) is 0 Å². The number of hydrogen-bond acceptors (Lipinski definition) is 4. The summed E-state index contributed by atoms with van der Waals surface area (Å²) < 4.78 is 10.7. The molecule has 0 saturated heterocycles. The van der Waals surface area contributed by atoms with Crippen molar-refractivity contribution in [1.29, 1.82) is 0 Å². The lowest BCUT2D eigenvalue weighted by Crippen LogP contribution is -1.85. The molecule has 90 valence electrons. The molecule has 0 spiro atoms. The van der Waals surface area contributed by atoms with Crippen LogP contribution in [-0.4, -0.2) is 13.2 Å². The number of methoxy groups -OCH3 is 1. The average molecular weight is 241 g/mol. The molecule has 0 fully saturated rings. The summed E-state index contributed by atoms with van der Waals surface area (Å²) >= 11 is 0. The first-order valence-corrected chi connectivity index (χ1v) is 5.31. The molecule has 0 heterocycles. The molecule has 0 aromatic heterocycles. The Balaban J connectivity index is 2.10. The normalized spacial score (nSPS) is 9.39. The highest BCUT2D eigenvalue weighted by molar-refractivity contribution is 5.50. The molecule has 0 aliphatic rings. The summed E-state index contributed by atoms with van der Waals surface area (Å²) in [6.45, 7) is 0. The maximum atomic E-state index is 10.1. The highest BCUT2D eigenvalue weighted by atomic mass is 16.5. The predicted octanol–water partition coefficient (Wildman–Crippen LogP) is 3.45. The minimum Gasteiger partial charge on any atom is -0.497 e. The summed E-state index contributed by atoms with van der Waals surface area (Å²) in [6.07, 6.45) is 1.49. The first kappa shape index (κ1) is 11.9. The minimum atomic E-state index is 0.548. The van der Waals surface area contributed by atoms with Crippen LogP contribution in [0.2, 0.25) is 0 Å². The number of benzene rings is 2. The highest BCUT2D eigenvalue weighted by Gasteiger charge is 1.98. The second kappa shape index (κ2) is 5.66. The molecule has 0 bridgehead atoms. The zero-order chi connectivity index (χ0) is 12.8. The van der Waals surface area contributed by atoms with Crippen LogP contribution >= 0.6 is 0 Å². The van der Waals surface area contributed by atoms with E-state index in [2.05, 4.69) is 4.99 Å². The molecule has 0 unspecified atom stereocenters. The number of nitrogens with zero attached hydrogens (tertiary/aromatic N) is 1. The summed E-state index contributed by atoms with van der Waals surface area (Å²) in [5, 5.41) is 0. The van der Waals surface area contributed by atoms with E-state index in [1.807, 2.05) is 24.3 Å². The van der Waals surface area contributed by atoms with Gasteiger partial charge in [-0.2, -0.15) is 4.99 Å². The van der Waals surface area contributed by atoms with Crippen LogP contribution in [-0.2, 0) is 4.79 Å². The lowest BCUT2D eigenvalue weighted by Gasteiger charge is -2.06. The standard InChI is InChI=1S/C14H11NO3/c1-17-12-6-8-14(9-7-12)18-13-4-2-11(3-5-13)15-10-16/h2-9H,1H3. The molecular formula is C14H11NO3. The molecule has 0 radical (unpaired) electrons. The van der Waals surface area contributed by atoms with E-state index in [1.165, 1.54) is 6.08 Å². The molecule has 2 aromatic rings. The van der Waals surface area contributed by atoms with E-state index in [0.717, 1.165) is 5.75 Å². The van der Waals surface area contributed by atoms with Crippen LogP contribution in [0, 0.1) is 0 Å². The van der Waals surface area contributed by atoms with Gasteiger partial charge in [0.05, 0.1) is 12.8 Å². The van der Waals surface area contributed by atoms with E-state index in [-0.39, 0.29) is 0 Å². The smallest absolute Gasteiger partial charge is 0.240 e. The molecule has 0 amide bonds. The van der Waals surface area contributed by atoms with Gasteiger partial charge in [0.15, 0.2) is 0 Å². The predicted molar refractivity (Wildman–Crippen MR) is 67.3 cm³/mol.